The summed E-state index contributed by atoms with van der Waals surface area (Å²) in [5.74, 6) is -0.0990. The maximum atomic E-state index is 11.2. The lowest BCUT2D eigenvalue weighted by Crippen LogP contribution is -2.23. The maximum absolute atomic E-state index is 11.2. The molecule has 5 heteroatoms. The van der Waals surface area contributed by atoms with Crippen LogP contribution in [0, 0.1) is 0 Å². The molecular formula is C19H19N3O2. The van der Waals surface area contributed by atoms with Crippen molar-refractivity contribution in [2.75, 3.05) is 5.32 Å². The van der Waals surface area contributed by atoms with Gasteiger partial charge in [-0.05, 0) is 35.7 Å². The van der Waals surface area contributed by atoms with Gasteiger partial charge in [-0.2, -0.15) is 0 Å². The third-order valence-corrected chi connectivity index (χ3v) is 3.99. The molecular weight excluding hydrogens is 302 g/mol. The first-order chi connectivity index (χ1) is 11.5. The number of rotatable bonds is 4. The van der Waals surface area contributed by atoms with Crippen LogP contribution in [0.2, 0.25) is 0 Å². The molecule has 0 aliphatic carbocycles. The van der Waals surface area contributed by atoms with Crippen LogP contribution in [-0.2, 0) is 10.4 Å². The highest BCUT2D eigenvalue weighted by Gasteiger charge is 2.26. The quantitative estimate of drug-likeness (QED) is 0.690. The van der Waals surface area contributed by atoms with E-state index in [1.165, 1.54) is 6.92 Å². The van der Waals surface area contributed by atoms with E-state index in [-0.39, 0.29) is 5.91 Å². The number of imidazole rings is 1. The van der Waals surface area contributed by atoms with Crippen LogP contribution < -0.4 is 5.32 Å². The van der Waals surface area contributed by atoms with Crippen LogP contribution in [0.3, 0.4) is 0 Å². The number of hydrogen-bond acceptors (Lipinski definition) is 3. The molecule has 1 atom stereocenters. The molecule has 0 aliphatic rings. The Hall–Kier alpha value is -2.92. The smallest absolute Gasteiger partial charge is 0.221 e. The van der Waals surface area contributed by atoms with Crippen LogP contribution in [0.4, 0.5) is 5.69 Å². The van der Waals surface area contributed by atoms with Crippen molar-refractivity contribution >= 4 is 11.6 Å². The van der Waals surface area contributed by atoms with Gasteiger partial charge in [0.25, 0.3) is 0 Å². The molecule has 1 heterocycles. The molecule has 0 fully saturated rings. The van der Waals surface area contributed by atoms with Gasteiger partial charge in [0, 0.05) is 12.6 Å². The number of amides is 1. The number of nitrogens with zero attached hydrogens (tertiary/aromatic N) is 1. The highest BCUT2D eigenvalue weighted by atomic mass is 16.3. The first-order valence-corrected chi connectivity index (χ1v) is 7.66. The van der Waals surface area contributed by atoms with Crippen LogP contribution >= 0.6 is 0 Å². The van der Waals surface area contributed by atoms with E-state index in [0.717, 1.165) is 22.4 Å². The normalized spacial score (nSPS) is 13.3. The summed E-state index contributed by atoms with van der Waals surface area (Å²) in [7, 11) is 0. The van der Waals surface area contributed by atoms with Gasteiger partial charge in [-0.1, -0.05) is 36.4 Å². The van der Waals surface area contributed by atoms with Gasteiger partial charge in [0.2, 0.25) is 5.91 Å². The van der Waals surface area contributed by atoms with E-state index in [1.54, 1.807) is 19.4 Å². The highest BCUT2D eigenvalue weighted by molar-refractivity contribution is 5.89. The monoisotopic (exact) mass is 321 g/mol. The molecule has 3 N–H and O–H groups in total. The van der Waals surface area contributed by atoms with Crippen molar-refractivity contribution in [2.24, 2.45) is 0 Å². The number of carbonyl (C=O) groups excluding carboxylic acids is 1. The predicted molar refractivity (Wildman–Crippen MR) is 93.4 cm³/mol. The summed E-state index contributed by atoms with van der Waals surface area (Å²) in [6, 6.07) is 15.3. The first-order valence-electron chi connectivity index (χ1n) is 7.66. The standard InChI is InChI=1S/C19H19N3O2/c1-13(23)22-17-5-3-4-15(10-17)14-6-8-16(9-7-14)19(2,24)18-11-20-12-21-18/h3-12,24H,1-2H3,(H,20,21)(H,22,23). The fourth-order valence-electron chi connectivity index (χ4n) is 2.64. The number of aromatic amines is 1. The number of anilines is 1. The van der Waals surface area contributed by atoms with E-state index < -0.39 is 5.60 Å². The minimum atomic E-state index is -1.13. The van der Waals surface area contributed by atoms with E-state index in [9.17, 15) is 9.90 Å². The zero-order valence-electron chi connectivity index (χ0n) is 13.6. The second-order valence-corrected chi connectivity index (χ2v) is 5.88. The van der Waals surface area contributed by atoms with Gasteiger partial charge in [0.15, 0.2) is 0 Å². The van der Waals surface area contributed by atoms with Crippen molar-refractivity contribution in [3.05, 3.63) is 72.3 Å². The van der Waals surface area contributed by atoms with Crippen molar-refractivity contribution in [1.29, 1.82) is 0 Å². The molecule has 5 nitrogen and oxygen atoms in total. The summed E-state index contributed by atoms with van der Waals surface area (Å²) in [5, 5.41) is 13.5. The zero-order chi connectivity index (χ0) is 17.2. The molecule has 1 amide bonds. The van der Waals surface area contributed by atoms with Crippen molar-refractivity contribution in [1.82, 2.24) is 9.97 Å². The lowest BCUT2D eigenvalue weighted by molar-refractivity contribution is -0.114. The molecule has 0 aliphatic heterocycles. The average Bonchev–Trinajstić information content (AvgIpc) is 3.10. The Balaban J connectivity index is 1.89. The Labute approximate surface area is 140 Å². The largest absolute Gasteiger partial charge is 0.379 e. The summed E-state index contributed by atoms with van der Waals surface area (Å²) >= 11 is 0. The number of aliphatic hydroxyl groups is 1. The number of H-pyrrole nitrogens is 1. The average molecular weight is 321 g/mol. The maximum Gasteiger partial charge on any atom is 0.221 e. The predicted octanol–water partition coefficient (Wildman–Crippen LogP) is 3.29. The number of benzene rings is 2. The molecule has 1 unspecified atom stereocenters. The second-order valence-electron chi connectivity index (χ2n) is 5.88. The molecule has 0 saturated heterocycles. The van der Waals surface area contributed by atoms with E-state index in [0.29, 0.717) is 5.69 Å². The molecule has 0 spiro atoms. The number of hydrogen-bond donors (Lipinski definition) is 3. The Kier molecular flexibility index (Phi) is 4.18. The van der Waals surface area contributed by atoms with Crippen molar-refractivity contribution in [2.45, 2.75) is 19.4 Å². The van der Waals surface area contributed by atoms with Gasteiger partial charge >= 0.3 is 0 Å². The molecule has 0 radical (unpaired) electrons. The van der Waals surface area contributed by atoms with E-state index in [1.807, 2.05) is 48.5 Å². The van der Waals surface area contributed by atoms with Crippen LogP contribution in [0.25, 0.3) is 11.1 Å². The van der Waals surface area contributed by atoms with E-state index in [2.05, 4.69) is 15.3 Å². The summed E-state index contributed by atoms with van der Waals surface area (Å²) in [6.07, 6.45) is 3.16. The number of nitrogens with one attached hydrogen (secondary N) is 2. The summed E-state index contributed by atoms with van der Waals surface area (Å²) in [5.41, 5.74) is 3.04. The van der Waals surface area contributed by atoms with Gasteiger partial charge < -0.3 is 15.4 Å². The minimum Gasteiger partial charge on any atom is -0.379 e. The summed E-state index contributed by atoms with van der Waals surface area (Å²) in [6.45, 7) is 3.21. The fraction of sp³-hybridized carbons (Fsp3) is 0.158. The van der Waals surface area contributed by atoms with Crippen molar-refractivity contribution in [3.63, 3.8) is 0 Å². The van der Waals surface area contributed by atoms with Gasteiger partial charge in [-0.3, -0.25) is 4.79 Å². The number of aromatic nitrogens is 2. The summed E-state index contributed by atoms with van der Waals surface area (Å²) in [4.78, 5) is 18.1. The van der Waals surface area contributed by atoms with Gasteiger partial charge in [-0.15, -0.1) is 0 Å². The topological polar surface area (TPSA) is 78.0 Å². The Morgan fingerprint density at radius 3 is 2.54 bits per heavy atom. The van der Waals surface area contributed by atoms with E-state index >= 15 is 0 Å². The first kappa shape index (κ1) is 16.0. The third kappa shape index (κ3) is 3.21. The van der Waals surface area contributed by atoms with E-state index in [4.69, 9.17) is 0 Å². The fourth-order valence-corrected chi connectivity index (χ4v) is 2.64. The van der Waals surface area contributed by atoms with Crippen molar-refractivity contribution < 1.29 is 9.90 Å². The molecule has 0 saturated carbocycles. The Morgan fingerprint density at radius 1 is 1.17 bits per heavy atom. The second kappa shape index (κ2) is 6.29. The molecule has 0 bridgehead atoms. The van der Waals surface area contributed by atoms with Crippen LogP contribution in [-0.4, -0.2) is 21.0 Å². The van der Waals surface area contributed by atoms with Crippen LogP contribution in [0.1, 0.15) is 25.1 Å². The van der Waals surface area contributed by atoms with Crippen LogP contribution in [0.5, 0.6) is 0 Å². The molecule has 122 valence electrons. The minimum absolute atomic E-state index is 0.0990. The molecule has 3 aromatic rings. The lowest BCUT2D eigenvalue weighted by atomic mass is 9.91. The highest BCUT2D eigenvalue weighted by Crippen LogP contribution is 2.30. The van der Waals surface area contributed by atoms with Crippen LogP contribution in [0.15, 0.2) is 61.1 Å². The van der Waals surface area contributed by atoms with Crippen molar-refractivity contribution in [3.8, 4) is 11.1 Å². The third-order valence-electron chi connectivity index (χ3n) is 3.99. The Bertz CT molecular complexity index is 837. The summed E-state index contributed by atoms with van der Waals surface area (Å²) < 4.78 is 0. The molecule has 1 aromatic heterocycles. The Morgan fingerprint density at radius 2 is 1.92 bits per heavy atom. The number of carbonyl (C=O) groups is 1. The molecule has 3 rings (SSSR count). The lowest BCUT2D eigenvalue weighted by Gasteiger charge is -2.22. The van der Waals surface area contributed by atoms with Gasteiger partial charge in [0.05, 0.1) is 18.2 Å². The SMILES string of the molecule is CC(=O)Nc1cccc(-c2ccc(C(C)(O)c3cnc[nH]3)cc2)c1. The molecule has 24 heavy (non-hydrogen) atoms. The zero-order valence-corrected chi connectivity index (χ0v) is 13.6. The molecule has 2 aromatic carbocycles. The van der Waals surface area contributed by atoms with Gasteiger partial charge in [-0.25, -0.2) is 4.98 Å². The van der Waals surface area contributed by atoms with Gasteiger partial charge in [0.1, 0.15) is 5.60 Å².